The second-order valence-corrected chi connectivity index (χ2v) is 14.4. The van der Waals surface area contributed by atoms with Crippen molar-refractivity contribution in [3.05, 3.63) is 96.1 Å². The molecule has 0 bridgehead atoms. The number of aryl methyl sites for hydroxylation is 1. The Morgan fingerprint density at radius 3 is 2.39 bits per heavy atom. The lowest BCUT2D eigenvalue weighted by Gasteiger charge is -2.30. The molecule has 1 aliphatic heterocycles. The average Bonchev–Trinajstić information content (AvgIpc) is 3.72. The fourth-order valence-corrected chi connectivity index (χ4v) is 7.10. The number of furan rings is 1. The summed E-state index contributed by atoms with van der Waals surface area (Å²) in [5.74, 6) is 1.39. The molecule has 8 rings (SSSR count). The third kappa shape index (κ3) is 4.48. The first kappa shape index (κ1) is 28.5. The van der Waals surface area contributed by atoms with E-state index in [2.05, 4.69) is 34.1 Å². The second-order valence-electron chi connectivity index (χ2n) is 12.4. The van der Waals surface area contributed by atoms with Gasteiger partial charge >= 0.3 is 0 Å². The molecule has 2 aliphatic rings. The number of benzene rings is 4. The smallest absolute Gasteiger partial charge is 0.255 e. The zero-order chi connectivity index (χ0) is 31.9. The highest BCUT2D eigenvalue weighted by molar-refractivity contribution is 7.92. The number of nitrogens with one attached hydrogen (secondary N) is 1. The molecule has 0 spiro atoms. The quantitative estimate of drug-likeness (QED) is 0.203. The van der Waals surface area contributed by atoms with Crippen molar-refractivity contribution in [1.29, 1.82) is 0 Å². The van der Waals surface area contributed by atoms with Gasteiger partial charge in [-0.25, -0.2) is 8.42 Å². The molecule has 0 saturated heterocycles. The van der Waals surface area contributed by atoms with Gasteiger partial charge in [0.15, 0.2) is 6.23 Å². The van der Waals surface area contributed by atoms with Crippen molar-refractivity contribution in [2.75, 3.05) is 24.7 Å². The molecular formula is C37H33N3O5S. The minimum Gasteiger partial charge on any atom is -0.469 e. The number of aromatic nitrogens is 1. The van der Waals surface area contributed by atoms with Gasteiger partial charge in [0.1, 0.15) is 17.1 Å². The van der Waals surface area contributed by atoms with Gasteiger partial charge < -0.3 is 19.0 Å². The Morgan fingerprint density at radius 2 is 1.67 bits per heavy atom. The van der Waals surface area contributed by atoms with E-state index < -0.39 is 10.0 Å². The molecule has 1 fully saturated rings. The number of para-hydroxylation sites is 1. The van der Waals surface area contributed by atoms with E-state index in [-0.39, 0.29) is 12.1 Å². The summed E-state index contributed by atoms with van der Waals surface area (Å²) in [6, 6.07) is 27.9. The Morgan fingerprint density at radius 1 is 0.935 bits per heavy atom. The molecule has 0 radical (unpaired) electrons. The fourth-order valence-electron chi connectivity index (χ4n) is 6.59. The minimum atomic E-state index is -3.65. The number of hydrogen-bond acceptors (Lipinski definition) is 5. The van der Waals surface area contributed by atoms with Crippen molar-refractivity contribution < 1.29 is 22.4 Å². The molecule has 4 aromatic carbocycles. The molecule has 1 aliphatic carbocycles. The van der Waals surface area contributed by atoms with Crippen LogP contribution in [0, 0.1) is 12.8 Å². The van der Waals surface area contributed by atoms with E-state index in [9.17, 15) is 13.2 Å². The summed E-state index contributed by atoms with van der Waals surface area (Å²) < 4.78 is 42.4. The first-order valence-electron chi connectivity index (χ1n) is 15.4. The highest BCUT2D eigenvalue weighted by Gasteiger charge is 2.39. The van der Waals surface area contributed by atoms with Crippen LogP contribution in [0.2, 0.25) is 0 Å². The second kappa shape index (κ2) is 10.3. The minimum absolute atomic E-state index is 0.0715. The molecule has 3 heterocycles. The molecule has 2 aromatic heterocycles. The van der Waals surface area contributed by atoms with E-state index in [1.807, 2.05) is 61.5 Å². The van der Waals surface area contributed by atoms with Crippen LogP contribution in [-0.4, -0.2) is 39.2 Å². The van der Waals surface area contributed by atoms with Crippen LogP contribution >= 0.6 is 0 Å². The molecule has 1 saturated carbocycles. The van der Waals surface area contributed by atoms with Gasteiger partial charge in [-0.05, 0) is 55.7 Å². The van der Waals surface area contributed by atoms with Gasteiger partial charge in [0.2, 0.25) is 10.0 Å². The maximum atomic E-state index is 13.4. The van der Waals surface area contributed by atoms with E-state index in [4.69, 9.17) is 9.15 Å². The standard InChI is InChI=1S/C37H33N3O5S/c1-21-9-11-22(12-10-21)35-34(36(41)38-2)28-19-26(30(20-33(28)44-35)39(3)46(4,42)43)24-15-16-32-27(17-24)31-18-25-7-5-6-8-29(25)40(31)37(45-32)23-13-14-23/h5-12,15-20,23,37H,13-14H2,1-4H3,(H,38,41). The predicted molar refractivity (Wildman–Crippen MR) is 182 cm³/mol. The Balaban J connectivity index is 1.37. The van der Waals surface area contributed by atoms with Gasteiger partial charge in [0.25, 0.3) is 5.91 Å². The summed E-state index contributed by atoms with van der Waals surface area (Å²) in [6.07, 6.45) is 3.37. The third-order valence-electron chi connectivity index (χ3n) is 9.25. The maximum absolute atomic E-state index is 13.4. The summed E-state index contributed by atoms with van der Waals surface area (Å²) in [4.78, 5) is 13.4. The number of nitrogens with zero attached hydrogens (tertiary/aromatic N) is 2. The number of anilines is 1. The lowest BCUT2D eigenvalue weighted by Crippen LogP contribution is -2.25. The summed E-state index contributed by atoms with van der Waals surface area (Å²) in [5, 5.41) is 4.49. The first-order valence-corrected chi connectivity index (χ1v) is 17.2. The fraction of sp³-hybridized carbons (Fsp3) is 0.216. The molecule has 1 unspecified atom stereocenters. The van der Waals surface area contributed by atoms with Crippen LogP contribution in [0.1, 0.15) is 35.0 Å². The number of hydrogen-bond donors (Lipinski definition) is 1. The highest BCUT2D eigenvalue weighted by Crippen LogP contribution is 2.51. The van der Waals surface area contributed by atoms with Crippen molar-refractivity contribution in [2.45, 2.75) is 26.0 Å². The van der Waals surface area contributed by atoms with Crippen molar-refractivity contribution in [2.24, 2.45) is 5.92 Å². The maximum Gasteiger partial charge on any atom is 0.255 e. The van der Waals surface area contributed by atoms with E-state index >= 15 is 0 Å². The Hall–Kier alpha value is -5.02. The van der Waals surface area contributed by atoms with Crippen LogP contribution in [-0.2, 0) is 10.0 Å². The van der Waals surface area contributed by atoms with E-state index in [1.165, 1.54) is 17.6 Å². The van der Waals surface area contributed by atoms with Crippen LogP contribution in [0.15, 0.2) is 89.3 Å². The van der Waals surface area contributed by atoms with Gasteiger partial charge in [-0.15, -0.1) is 0 Å². The predicted octanol–water partition coefficient (Wildman–Crippen LogP) is 7.75. The first-order chi connectivity index (χ1) is 22.1. The van der Waals surface area contributed by atoms with Gasteiger partial charge in [-0.3, -0.25) is 9.10 Å². The molecule has 9 heteroatoms. The molecule has 1 N–H and O–H groups in total. The molecule has 1 amide bonds. The lowest BCUT2D eigenvalue weighted by atomic mass is 9.96. The zero-order valence-electron chi connectivity index (χ0n) is 26.0. The van der Waals surface area contributed by atoms with Crippen LogP contribution in [0.5, 0.6) is 5.75 Å². The zero-order valence-corrected chi connectivity index (χ0v) is 26.8. The molecule has 232 valence electrons. The monoisotopic (exact) mass is 631 g/mol. The highest BCUT2D eigenvalue weighted by atomic mass is 32.2. The van der Waals surface area contributed by atoms with Crippen molar-refractivity contribution in [3.8, 4) is 39.5 Å². The van der Waals surface area contributed by atoms with Crippen LogP contribution in [0.25, 0.3) is 55.6 Å². The van der Waals surface area contributed by atoms with Crippen LogP contribution < -0.4 is 14.4 Å². The number of ether oxygens (including phenoxy) is 1. The Bertz CT molecular complexity index is 2310. The number of carbonyl (C=O) groups excluding carboxylic acids is 1. The lowest BCUT2D eigenvalue weighted by molar-refractivity contribution is 0.0964. The number of rotatable bonds is 6. The van der Waals surface area contributed by atoms with Gasteiger partial charge in [0.05, 0.1) is 28.7 Å². The Labute approximate surface area is 267 Å². The molecular weight excluding hydrogens is 598 g/mol. The summed E-state index contributed by atoms with van der Waals surface area (Å²) in [5.41, 5.74) is 7.64. The third-order valence-corrected chi connectivity index (χ3v) is 10.4. The molecule has 8 nitrogen and oxygen atoms in total. The SMILES string of the molecule is CNC(=O)c1c(-c2ccc(C)cc2)oc2cc(N(C)S(C)(=O)=O)c(-c3ccc4c(c3)-c3cc5ccccc5n3C(C3CC3)O4)cc12. The summed E-state index contributed by atoms with van der Waals surface area (Å²) in [7, 11) is -0.527. The van der Waals surface area contributed by atoms with E-state index in [0.29, 0.717) is 39.5 Å². The summed E-state index contributed by atoms with van der Waals surface area (Å²) >= 11 is 0. The summed E-state index contributed by atoms with van der Waals surface area (Å²) in [6.45, 7) is 2.00. The molecule has 46 heavy (non-hydrogen) atoms. The van der Waals surface area contributed by atoms with Crippen molar-refractivity contribution in [3.63, 3.8) is 0 Å². The molecule has 6 aromatic rings. The van der Waals surface area contributed by atoms with Crippen molar-refractivity contribution >= 4 is 43.5 Å². The largest absolute Gasteiger partial charge is 0.469 e. The average molecular weight is 632 g/mol. The molecule has 1 atom stereocenters. The van der Waals surface area contributed by atoms with Crippen LogP contribution in [0.4, 0.5) is 5.69 Å². The van der Waals surface area contributed by atoms with Gasteiger partial charge in [-0.2, -0.15) is 0 Å². The van der Waals surface area contributed by atoms with E-state index in [0.717, 1.165) is 57.4 Å². The number of sulfonamides is 1. The topological polar surface area (TPSA) is 93.8 Å². The number of carbonyl (C=O) groups is 1. The number of fused-ring (bicyclic) bond motifs is 6. The van der Waals surface area contributed by atoms with Crippen molar-refractivity contribution in [1.82, 2.24) is 9.88 Å². The normalized spacial score (nSPS) is 15.8. The Kier molecular flexibility index (Phi) is 6.34. The van der Waals surface area contributed by atoms with Gasteiger partial charge in [-0.1, -0.05) is 54.1 Å². The van der Waals surface area contributed by atoms with Gasteiger partial charge in [0, 0.05) is 53.5 Å². The van der Waals surface area contributed by atoms with Crippen LogP contribution in [0.3, 0.4) is 0 Å². The number of amides is 1. The van der Waals surface area contributed by atoms with E-state index in [1.54, 1.807) is 13.1 Å².